The molecule has 0 radical (unpaired) electrons. The molecule has 0 aliphatic heterocycles. The normalized spacial score (nSPS) is 20.5. The lowest BCUT2D eigenvalue weighted by molar-refractivity contribution is -0.137. The first-order valence-electron chi connectivity index (χ1n) is 7.51. The molecule has 0 amide bonds. The molecule has 2 aromatic heterocycles. The van der Waals surface area contributed by atoms with E-state index in [9.17, 15) is 17.6 Å². The number of aromatic nitrogens is 4. The van der Waals surface area contributed by atoms with E-state index in [4.69, 9.17) is 0 Å². The third-order valence-corrected chi connectivity index (χ3v) is 3.75. The summed E-state index contributed by atoms with van der Waals surface area (Å²) in [5.74, 6) is 0.229. The van der Waals surface area contributed by atoms with Crippen molar-refractivity contribution >= 4 is 17.6 Å². The molecule has 0 atom stereocenters. The van der Waals surface area contributed by atoms with Gasteiger partial charge in [-0.15, -0.1) is 0 Å². The second kappa shape index (κ2) is 6.25. The molecule has 0 unspecified atom stereocenters. The minimum absolute atomic E-state index is 0.0109. The SMILES string of the molecule is CCNc1nc(Nc2ccnn2C2CC(F)C2)ncc1C(F)(F)F. The summed E-state index contributed by atoms with van der Waals surface area (Å²) in [6, 6.07) is 1.57. The lowest BCUT2D eigenvalue weighted by Crippen LogP contribution is -2.29. The average Bonchev–Trinajstić information content (AvgIpc) is 2.91. The van der Waals surface area contributed by atoms with Gasteiger partial charge in [0.25, 0.3) is 0 Å². The first-order chi connectivity index (χ1) is 11.4. The minimum Gasteiger partial charge on any atom is -0.370 e. The number of nitrogens with one attached hydrogen (secondary N) is 2. The monoisotopic (exact) mass is 344 g/mol. The van der Waals surface area contributed by atoms with Crippen LogP contribution in [0.25, 0.3) is 0 Å². The summed E-state index contributed by atoms with van der Waals surface area (Å²) in [6.07, 6.45) is -2.38. The Kier molecular flexibility index (Phi) is 4.29. The third kappa shape index (κ3) is 3.26. The standard InChI is InChI=1S/C14H16F4N6/c1-2-19-12-10(14(16,17)18)7-20-13(23-12)22-11-3-4-21-24(11)9-5-8(15)6-9/h3-4,7-9H,2,5-6H2,1H3,(H2,19,20,22,23). The number of rotatable bonds is 5. The van der Waals surface area contributed by atoms with E-state index in [2.05, 4.69) is 25.7 Å². The first kappa shape index (κ1) is 16.5. The summed E-state index contributed by atoms with van der Waals surface area (Å²) in [6.45, 7) is 1.96. The van der Waals surface area contributed by atoms with Crippen LogP contribution in [0.2, 0.25) is 0 Å². The average molecular weight is 344 g/mol. The van der Waals surface area contributed by atoms with Crippen molar-refractivity contribution in [2.24, 2.45) is 0 Å². The van der Waals surface area contributed by atoms with Crippen molar-refractivity contribution in [1.29, 1.82) is 0 Å². The Morgan fingerprint density at radius 2 is 2.08 bits per heavy atom. The Morgan fingerprint density at radius 1 is 1.33 bits per heavy atom. The van der Waals surface area contributed by atoms with Crippen LogP contribution in [0.4, 0.5) is 35.1 Å². The molecule has 0 bridgehead atoms. The molecule has 3 rings (SSSR count). The van der Waals surface area contributed by atoms with Gasteiger partial charge in [-0.05, 0) is 6.92 Å². The van der Waals surface area contributed by atoms with Crippen molar-refractivity contribution in [3.63, 3.8) is 0 Å². The molecule has 6 nitrogen and oxygen atoms in total. The molecule has 10 heteroatoms. The van der Waals surface area contributed by atoms with Crippen LogP contribution in [0.3, 0.4) is 0 Å². The van der Waals surface area contributed by atoms with Crippen molar-refractivity contribution < 1.29 is 17.6 Å². The predicted molar refractivity (Wildman–Crippen MR) is 79.9 cm³/mol. The molecule has 2 heterocycles. The lowest BCUT2D eigenvalue weighted by Gasteiger charge is -2.30. The van der Waals surface area contributed by atoms with Gasteiger partial charge in [-0.25, -0.2) is 14.1 Å². The molecule has 1 aliphatic rings. The summed E-state index contributed by atoms with van der Waals surface area (Å²) in [5.41, 5.74) is -0.928. The Bertz CT molecular complexity index is 708. The van der Waals surface area contributed by atoms with Crippen LogP contribution in [0.5, 0.6) is 0 Å². The van der Waals surface area contributed by atoms with Crippen LogP contribution in [-0.4, -0.2) is 32.5 Å². The highest BCUT2D eigenvalue weighted by Gasteiger charge is 2.35. The van der Waals surface area contributed by atoms with E-state index < -0.39 is 17.9 Å². The summed E-state index contributed by atoms with van der Waals surface area (Å²) in [4.78, 5) is 7.62. The van der Waals surface area contributed by atoms with Gasteiger partial charge in [0.15, 0.2) is 0 Å². The maximum Gasteiger partial charge on any atom is 0.421 e. The highest BCUT2D eigenvalue weighted by atomic mass is 19.4. The van der Waals surface area contributed by atoms with E-state index >= 15 is 0 Å². The lowest BCUT2D eigenvalue weighted by atomic mass is 9.91. The molecular formula is C14H16F4N6. The van der Waals surface area contributed by atoms with Crippen molar-refractivity contribution in [2.45, 2.75) is 38.2 Å². The Balaban J connectivity index is 1.83. The molecule has 0 aromatic carbocycles. The predicted octanol–water partition coefficient (Wildman–Crippen LogP) is 3.54. The van der Waals surface area contributed by atoms with E-state index in [1.807, 2.05) is 0 Å². The molecule has 1 aliphatic carbocycles. The molecular weight excluding hydrogens is 328 g/mol. The van der Waals surface area contributed by atoms with Gasteiger partial charge in [0.05, 0.1) is 12.2 Å². The molecule has 24 heavy (non-hydrogen) atoms. The van der Waals surface area contributed by atoms with E-state index in [1.54, 1.807) is 17.7 Å². The molecule has 130 valence electrons. The maximum atomic E-state index is 13.0. The number of anilines is 3. The fourth-order valence-corrected chi connectivity index (χ4v) is 2.49. The number of halogens is 4. The Morgan fingerprint density at radius 3 is 2.71 bits per heavy atom. The molecule has 1 saturated carbocycles. The number of hydrogen-bond donors (Lipinski definition) is 2. The van der Waals surface area contributed by atoms with Crippen LogP contribution in [-0.2, 0) is 6.18 Å². The quantitative estimate of drug-likeness (QED) is 0.812. The molecule has 2 aromatic rings. The zero-order chi connectivity index (χ0) is 17.3. The van der Waals surface area contributed by atoms with E-state index in [-0.39, 0.29) is 24.4 Å². The Labute approximate surface area is 135 Å². The highest BCUT2D eigenvalue weighted by molar-refractivity contribution is 5.54. The van der Waals surface area contributed by atoms with Gasteiger partial charge in [0, 0.05) is 31.6 Å². The fourth-order valence-electron chi connectivity index (χ4n) is 2.49. The van der Waals surface area contributed by atoms with E-state index in [0.29, 0.717) is 18.7 Å². The summed E-state index contributed by atoms with van der Waals surface area (Å²) in [7, 11) is 0. The number of hydrogen-bond acceptors (Lipinski definition) is 5. The topological polar surface area (TPSA) is 67.7 Å². The zero-order valence-electron chi connectivity index (χ0n) is 12.8. The summed E-state index contributed by atoms with van der Waals surface area (Å²) < 4.78 is 53.5. The zero-order valence-corrected chi connectivity index (χ0v) is 12.8. The van der Waals surface area contributed by atoms with Gasteiger partial charge in [0.1, 0.15) is 23.4 Å². The minimum atomic E-state index is -4.54. The number of alkyl halides is 4. The van der Waals surface area contributed by atoms with Crippen molar-refractivity contribution in [1.82, 2.24) is 19.7 Å². The second-order valence-electron chi connectivity index (χ2n) is 5.49. The summed E-state index contributed by atoms with van der Waals surface area (Å²) >= 11 is 0. The van der Waals surface area contributed by atoms with Gasteiger partial charge in [-0.1, -0.05) is 0 Å². The maximum absolute atomic E-state index is 13.0. The molecule has 1 fully saturated rings. The molecule has 0 spiro atoms. The van der Waals surface area contributed by atoms with Crippen LogP contribution in [0.1, 0.15) is 31.4 Å². The van der Waals surface area contributed by atoms with Crippen molar-refractivity contribution in [3.8, 4) is 0 Å². The van der Waals surface area contributed by atoms with Gasteiger partial charge in [-0.3, -0.25) is 0 Å². The first-order valence-corrected chi connectivity index (χ1v) is 7.51. The molecule has 2 N–H and O–H groups in total. The second-order valence-corrected chi connectivity index (χ2v) is 5.49. The summed E-state index contributed by atoms with van der Waals surface area (Å²) in [5, 5.41) is 9.55. The van der Waals surface area contributed by atoms with Crippen LogP contribution >= 0.6 is 0 Å². The largest absolute Gasteiger partial charge is 0.421 e. The van der Waals surface area contributed by atoms with Crippen LogP contribution < -0.4 is 10.6 Å². The van der Waals surface area contributed by atoms with Gasteiger partial charge >= 0.3 is 6.18 Å². The van der Waals surface area contributed by atoms with Crippen LogP contribution in [0, 0.1) is 0 Å². The highest BCUT2D eigenvalue weighted by Crippen LogP contribution is 2.37. The van der Waals surface area contributed by atoms with Crippen LogP contribution in [0.15, 0.2) is 18.5 Å². The van der Waals surface area contributed by atoms with Gasteiger partial charge < -0.3 is 10.6 Å². The van der Waals surface area contributed by atoms with Crippen molar-refractivity contribution in [2.75, 3.05) is 17.2 Å². The van der Waals surface area contributed by atoms with Gasteiger partial charge in [-0.2, -0.15) is 23.3 Å². The van der Waals surface area contributed by atoms with E-state index in [1.165, 1.54) is 6.20 Å². The third-order valence-electron chi connectivity index (χ3n) is 3.75. The Hall–Kier alpha value is -2.39. The van der Waals surface area contributed by atoms with Crippen molar-refractivity contribution in [3.05, 3.63) is 24.0 Å². The smallest absolute Gasteiger partial charge is 0.370 e. The number of nitrogens with zero attached hydrogens (tertiary/aromatic N) is 4. The van der Waals surface area contributed by atoms with Gasteiger partial charge in [0.2, 0.25) is 5.95 Å². The molecule has 0 saturated heterocycles. The van der Waals surface area contributed by atoms with E-state index in [0.717, 1.165) is 6.20 Å². The fraction of sp³-hybridized carbons (Fsp3) is 0.500.